The minimum Gasteiger partial charge on any atom is -0.496 e. The van der Waals surface area contributed by atoms with Gasteiger partial charge in [0.2, 0.25) is 0 Å². The molecule has 0 spiro atoms. The number of hydrogen-bond acceptors (Lipinski definition) is 5. The van der Waals surface area contributed by atoms with Crippen molar-refractivity contribution in [3.8, 4) is 5.75 Å². The molecule has 0 bridgehead atoms. The summed E-state index contributed by atoms with van der Waals surface area (Å²) in [6.07, 6.45) is 0. The minimum absolute atomic E-state index is 0. The van der Waals surface area contributed by atoms with Gasteiger partial charge < -0.3 is 15.0 Å². The van der Waals surface area contributed by atoms with Gasteiger partial charge >= 0.3 is 0 Å². The number of halogens is 1. The number of nitrogens with zero attached hydrogens (tertiary/aromatic N) is 2. The fourth-order valence-electron chi connectivity index (χ4n) is 1.95. The molecule has 2 rings (SSSR count). The predicted molar refractivity (Wildman–Crippen MR) is 72.0 cm³/mol. The summed E-state index contributed by atoms with van der Waals surface area (Å²) in [4.78, 5) is 12.7. The molecule has 7 heteroatoms. The van der Waals surface area contributed by atoms with E-state index in [0.717, 1.165) is 26.2 Å². The number of methoxy groups -OCH3 is 1. The van der Waals surface area contributed by atoms with E-state index in [2.05, 4.69) is 5.32 Å². The van der Waals surface area contributed by atoms with E-state index in [1.165, 1.54) is 13.2 Å². The average molecular weight is 274 g/mol. The van der Waals surface area contributed by atoms with Crippen LogP contribution in [0, 0.1) is 10.1 Å². The van der Waals surface area contributed by atoms with E-state index < -0.39 is 0 Å². The van der Waals surface area contributed by atoms with Gasteiger partial charge in [-0.3, -0.25) is 10.1 Å². The van der Waals surface area contributed by atoms with Crippen LogP contribution < -0.4 is 15.0 Å². The second-order valence-electron chi connectivity index (χ2n) is 3.85. The summed E-state index contributed by atoms with van der Waals surface area (Å²) >= 11 is 0. The average Bonchev–Trinajstić information content (AvgIpc) is 2.39. The van der Waals surface area contributed by atoms with Gasteiger partial charge in [-0.25, -0.2) is 0 Å². The van der Waals surface area contributed by atoms with E-state index >= 15 is 0 Å². The topological polar surface area (TPSA) is 67.6 Å². The summed E-state index contributed by atoms with van der Waals surface area (Å²) in [5.74, 6) is 0.510. The monoisotopic (exact) mass is 273 g/mol. The SMILES string of the molecule is COc1ccc(N2CCNCC2)c([N+](=O)[O-])c1.Cl. The van der Waals surface area contributed by atoms with Gasteiger partial charge in [0.25, 0.3) is 5.69 Å². The van der Waals surface area contributed by atoms with Crippen LogP contribution >= 0.6 is 12.4 Å². The molecule has 1 N–H and O–H groups in total. The molecule has 1 saturated heterocycles. The van der Waals surface area contributed by atoms with Crippen LogP contribution in [0.2, 0.25) is 0 Å². The first-order valence-corrected chi connectivity index (χ1v) is 5.50. The third kappa shape index (κ3) is 3.02. The second-order valence-corrected chi connectivity index (χ2v) is 3.85. The quantitative estimate of drug-likeness (QED) is 0.667. The standard InChI is InChI=1S/C11H15N3O3.ClH/c1-17-9-2-3-10(11(8-9)14(15)16)13-6-4-12-5-7-13;/h2-3,8,12H,4-7H2,1H3;1H. The van der Waals surface area contributed by atoms with Crippen LogP contribution in [-0.2, 0) is 0 Å². The minimum atomic E-state index is -0.361. The number of anilines is 1. The molecule has 1 fully saturated rings. The Kier molecular flexibility index (Phi) is 5.18. The zero-order valence-corrected chi connectivity index (χ0v) is 10.9. The second kappa shape index (κ2) is 6.42. The maximum absolute atomic E-state index is 11.0. The van der Waals surface area contributed by atoms with Crippen molar-refractivity contribution >= 4 is 23.8 Å². The largest absolute Gasteiger partial charge is 0.496 e. The molecule has 0 saturated carbocycles. The molecule has 1 aliphatic rings. The van der Waals surface area contributed by atoms with Crippen molar-refractivity contribution in [2.75, 3.05) is 38.2 Å². The molecule has 18 heavy (non-hydrogen) atoms. The van der Waals surface area contributed by atoms with E-state index in [1.807, 2.05) is 4.90 Å². The van der Waals surface area contributed by atoms with Crippen molar-refractivity contribution in [3.63, 3.8) is 0 Å². The molecule has 0 unspecified atom stereocenters. The molecule has 0 amide bonds. The molecular weight excluding hydrogens is 258 g/mol. The predicted octanol–water partition coefficient (Wildman–Crippen LogP) is 1.43. The van der Waals surface area contributed by atoms with Crippen molar-refractivity contribution in [3.05, 3.63) is 28.3 Å². The van der Waals surface area contributed by atoms with Gasteiger partial charge in [-0.1, -0.05) is 0 Å². The van der Waals surface area contributed by atoms with Crippen molar-refractivity contribution in [1.29, 1.82) is 0 Å². The van der Waals surface area contributed by atoms with Crippen molar-refractivity contribution in [2.24, 2.45) is 0 Å². The Hall–Kier alpha value is -1.53. The summed E-state index contributed by atoms with van der Waals surface area (Å²) in [7, 11) is 1.50. The first kappa shape index (κ1) is 14.5. The lowest BCUT2D eigenvalue weighted by Crippen LogP contribution is -2.43. The molecule has 0 atom stereocenters. The number of nitrogens with one attached hydrogen (secondary N) is 1. The third-order valence-electron chi connectivity index (χ3n) is 2.84. The number of rotatable bonds is 3. The Bertz CT molecular complexity index is 422. The summed E-state index contributed by atoms with van der Waals surface area (Å²) in [6, 6.07) is 4.98. The van der Waals surface area contributed by atoms with Gasteiger partial charge in [0.05, 0.1) is 18.1 Å². The maximum Gasteiger partial charge on any atom is 0.296 e. The number of nitro benzene ring substituents is 1. The maximum atomic E-state index is 11.0. The molecule has 0 aliphatic carbocycles. The van der Waals surface area contributed by atoms with Crippen LogP contribution in [0.1, 0.15) is 0 Å². The smallest absolute Gasteiger partial charge is 0.296 e. The highest BCUT2D eigenvalue weighted by Crippen LogP contribution is 2.32. The van der Waals surface area contributed by atoms with Gasteiger partial charge in [0, 0.05) is 26.2 Å². The summed E-state index contributed by atoms with van der Waals surface area (Å²) in [5, 5.41) is 14.3. The molecular formula is C11H16ClN3O3. The third-order valence-corrected chi connectivity index (χ3v) is 2.84. The molecule has 0 radical (unpaired) electrons. The Morgan fingerprint density at radius 2 is 2.06 bits per heavy atom. The van der Waals surface area contributed by atoms with Crippen LogP contribution in [0.15, 0.2) is 18.2 Å². The van der Waals surface area contributed by atoms with E-state index in [0.29, 0.717) is 11.4 Å². The van der Waals surface area contributed by atoms with Gasteiger partial charge in [0.1, 0.15) is 11.4 Å². The van der Waals surface area contributed by atoms with Gasteiger partial charge in [-0.05, 0) is 12.1 Å². The lowest BCUT2D eigenvalue weighted by atomic mass is 10.2. The zero-order chi connectivity index (χ0) is 12.3. The Morgan fingerprint density at radius 1 is 1.39 bits per heavy atom. The van der Waals surface area contributed by atoms with Crippen LogP contribution in [0.4, 0.5) is 11.4 Å². The molecule has 6 nitrogen and oxygen atoms in total. The van der Waals surface area contributed by atoms with E-state index in [4.69, 9.17) is 4.74 Å². The van der Waals surface area contributed by atoms with E-state index in [9.17, 15) is 10.1 Å². The Labute approximate surface area is 111 Å². The fraction of sp³-hybridized carbons (Fsp3) is 0.455. The van der Waals surface area contributed by atoms with Crippen molar-refractivity contribution in [2.45, 2.75) is 0 Å². The van der Waals surface area contributed by atoms with E-state index in [-0.39, 0.29) is 23.0 Å². The van der Waals surface area contributed by atoms with Crippen molar-refractivity contribution < 1.29 is 9.66 Å². The van der Waals surface area contributed by atoms with Gasteiger partial charge in [-0.15, -0.1) is 12.4 Å². The first-order valence-electron chi connectivity index (χ1n) is 5.50. The number of nitro groups is 1. The first-order chi connectivity index (χ1) is 8.22. The number of piperazine rings is 1. The van der Waals surface area contributed by atoms with Crippen LogP contribution in [0.25, 0.3) is 0 Å². The lowest BCUT2D eigenvalue weighted by molar-refractivity contribution is -0.384. The van der Waals surface area contributed by atoms with Crippen LogP contribution in [0.5, 0.6) is 5.75 Å². The van der Waals surface area contributed by atoms with Crippen LogP contribution in [-0.4, -0.2) is 38.2 Å². The van der Waals surface area contributed by atoms with Gasteiger partial charge in [0.15, 0.2) is 0 Å². The molecule has 1 aromatic carbocycles. The van der Waals surface area contributed by atoms with Gasteiger partial charge in [-0.2, -0.15) is 0 Å². The number of ether oxygens (including phenoxy) is 1. The summed E-state index contributed by atoms with van der Waals surface area (Å²) < 4.78 is 5.01. The molecule has 1 aromatic rings. The highest BCUT2D eigenvalue weighted by molar-refractivity contribution is 5.85. The zero-order valence-electron chi connectivity index (χ0n) is 10.1. The summed E-state index contributed by atoms with van der Waals surface area (Å²) in [6.45, 7) is 3.27. The molecule has 100 valence electrons. The highest BCUT2D eigenvalue weighted by Gasteiger charge is 2.21. The fourth-order valence-corrected chi connectivity index (χ4v) is 1.95. The normalized spacial score (nSPS) is 14.8. The Morgan fingerprint density at radius 3 is 2.61 bits per heavy atom. The van der Waals surface area contributed by atoms with E-state index in [1.54, 1.807) is 12.1 Å². The molecule has 1 aliphatic heterocycles. The molecule has 0 aromatic heterocycles. The van der Waals surface area contributed by atoms with Crippen LogP contribution in [0.3, 0.4) is 0 Å². The van der Waals surface area contributed by atoms with Crippen molar-refractivity contribution in [1.82, 2.24) is 5.32 Å². The summed E-state index contributed by atoms with van der Waals surface area (Å²) in [5.41, 5.74) is 0.767. The number of benzene rings is 1. The lowest BCUT2D eigenvalue weighted by Gasteiger charge is -2.29. The number of hydrogen-bond donors (Lipinski definition) is 1. The molecule has 1 heterocycles. The Balaban J connectivity index is 0.00000162. The highest BCUT2D eigenvalue weighted by atomic mass is 35.5.